The maximum atomic E-state index is 12.2. The van der Waals surface area contributed by atoms with Crippen molar-refractivity contribution in [3.8, 4) is 0 Å². The Balaban J connectivity index is 2.22. The van der Waals surface area contributed by atoms with Crippen molar-refractivity contribution in [1.29, 1.82) is 0 Å². The first-order chi connectivity index (χ1) is 7.83. The molecule has 1 aromatic rings. The maximum absolute atomic E-state index is 12.2. The van der Waals surface area contributed by atoms with E-state index in [0.29, 0.717) is 13.0 Å². The SMILES string of the molecule is O=CCCN1CCCc2ccccc2C1=O. The molecule has 1 aliphatic heterocycles. The fourth-order valence-corrected chi connectivity index (χ4v) is 2.10. The van der Waals surface area contributed by atoms with Crippen LogP contribution in [-0.4, -0.2) is 30.2 Å². The molecule has 84 valence electrons. The molecule has 0 unspecified atom stereocenters. The van der Waals surface area contributed by atoms with Crippen LogP contribution in [0, 0.1) is 0 Å². The first-order valence-corrected chi connectivity index (χ1v) is 5.64. The lowest BCUT2D eigenvalue weighted by molar-refractivity contribution is -0.108. The van der Waals surface area contributed by atoms with Gasteiger partial charge in [-0.1, -0.05) is 18.2 Å². The molecule has 1 aromatic carbocycles. The fraction of sp³-hybridized carbons (Fsp3) is 0.385. The molecule has 0 aliphatic carbocycles. The molecule has 0 fully saturated rings. The Kier molecular flexibility index (Phi) is 3.34. The second-order valence-electron chi connectivity index (χ2n) is 4.01. The summed E-state index contributed by atoms with van der Waals surface area (Å²) >= 11 is 0. The number of amides is 1. The molecule has 2 rings (SSSR count). The largest absolute Gasteiger partial charge is 0.338 e. The number of carbonyl (C=O) groups excluding carboxylic acids is 2. The minimum Gasteiger partial charge on any atom is -0.338 e. The Bertz CT molecular complexity index is 401. The van der Waals surface area contributed by atoms with Gasteiger partial charge in [-0.15, -0.1) is 0 Å². The summed E-state index contributed by atoms with van der Waals surface area (Å²) in [6.07, 6.45) is 3.21. The van der Waals surface area contributed by atoms with Gasteiger partial charge in [-0.2, -0.15) is 0 Å². The Morgan fingerprint density at radius 3 is 2.94 bits per heavy atom. The van der Waals surface area contributed by atoms with E-state index < -0.39 is 0 Å². The molecule has 1 heterocycles. The number of hydrogen-bond acceptors (Lipinski definition) is 2. The van der Waals surface area contributed by atoms with E-state index in [1.54, 1.807) is 4.90 Å². The van der Waals surface area contributed by atoms with Crippen LogP contribution in [0.3, 0.4) is 0 Å². The average molecular weight is 217 g/mol. The summed E-state index contributed by atoms with van der Waals surface area (Å²) in [6, 6.07) is 7.74. The molecule has 16 heavy (non-hydrogen) atoms. The molecule has 0 N–H and O–H groups in total. The molecular weight excluding hydrogens is 202 g/mol. The van der Waals surface area contributed by atoms with Gasteiger partial charge in [0.05, 0.1) is 0 Å². The minimum atomic E-state index is 0.0648. The van der Waals surface area contributed by atoms with E-state index in [4.69, 9.17) is 0 Å². The number of aryl methyl sites for hydroxylation is 1. The standard InChI is InChI=1S/C13H15NO2/c15-10-4-9-14-8-3-6-11-5-1-2-7-12(11)13(14)16/h1-2,5,7,10H,3-4,6,8-9H2. The summed E-state index contributed by atoms with van der Waals surface area (Å²) in [7, 11) is 0. The molecule has 0 spiro atoms. The van der Waals surface area contributed by atoms with Crippen LogP contribution in [0.1, 0.15) is 28.8 Å². The molecule has 0 aromatic heterocycles. The number of nitrogens with zero attached hydrogens (tertiary/aromatic N) is 1. The lowest BCUT2D eigenvalue weighted by atomic mass is 10.0. The van der Waals surface area contributed by atoms with Gasteiger partial charge in [0.15, 0.2) is 0 Å². The van der Waals surface area contributed by atoms with Gasteiger partial charge in [0.1, 0.15) is 6.29 Å². The Morgan fingerprint density at radius 2 is 2.12 bits per heavy atom. The zero-order valence-electron chi connectivity index (χ0n) is 9.19. The van der Waals surface area contributed by atoms with E-state index in [1.807, 2.05) is 24.3 Å². The highest BCUT2D eigenvalue weighted by atomic mass is 16.2. The van der Waals surface area contributed by atoms with E-state index in [1.165, 1.54) is 0 Å². The summed E-state index contributed by atoms with van der Waals surface area (Å²) in [5.74, 6) is 0.0648. The highest BCUT2D eigenvalue weighted by molar-refractivity contribution is 5.96. The molecular formula is C13H15NO2. The third-order valence-corrected chi connectivity index (χ3v) is 2.93. The van der Waals surface area contributed by atoms with Gasteiger partial charge in [0.25, 0.3) is 5.91 Å². The third-order valence-electron chi connectivity index (χ3n) is 2.93. The van der Waals surface area contributed by atoms with Gasteiger partial charge in [0.2, 0.25) is 0 Å². The predicted molar refractivity (Wildman–Crippen MR) is 61.3 cm³/mol. The first-order valence-electron chi connectivity index (χ1n) is 5.64. The molecule has 0 atom stereocenters. The fourth-order valence-electron chi connectivity index (χ4n) is 2.10. The van der Waals surface area contributed by atoms with Crippen molar-refractivity contribution in [3.63, 3.8) is 0 Å². The van der Waals surface area contributed by atoms with Crippen molar-refractivity contribution in [2.45, 2.75) is 19.3 Å². The monoisotopic (exact) mass is 217 g/mol. The molecule has 1 aliphatic rings. The number of rotatable bonds is 3. The van der Waals surface area contributed by atoms with Crippen molar-refractivity contribution in [2.24, 2.45) is 0 Å². The van der Waals surface area contributed by atoms with E-state index in [9.17, 15) is 9.59 Å². The Hall–Kier alpha value is -1.64. The summed E-state index contributed by atoms with van der Waals surface area (Å²) in [4.78, 5) is 24.3. The molecule has 3 nitrogen and oxygen atoms in total. The second kappa shape index (κ2) is 4.92. The van der Waals surface area contributed by atoms with E-state index in [0.717, 1.165) is 36.8 Å². The molecule has 0 bridgehead atoms. The second-order valence-corrected chi connectivity index (χ2v) is 4.01. The van der Waals surface area contributed by atoms with Crippen LogP contribution in [0.25, 0.3) is 0 Å². The number of carbonyl (C=O) groups is 2. The van der Waals surface area contributed by atoms with Gasteiger partial charge in [-0.05, 0) is 24.5 Å². The van der Waals surface area contributed by atoms with Crippen molar-refractivity contribution >= 4 is 12.2 Å². The molecule has 0 radical (unpaired) electrons. The average Bonchev–Trinajstić information content (AvgIpc) is 2.47. The van der Waals surface area contributed by atoms with Crippen molar-refractivity contribution in [3.05, 3.63) is 35.4 Å². The number of fused-ring (bicyclic) bond motifs is 1. The van der Waals surface area contributed by atoms with Crippen molar-refractivity contribution in [2.75, 3.05) is 13.1 Å². The maximum Gasteiger partial charge on any atom is 0.254 e. The van der Waals surface area contributed by atoms with Gasteiger partial charge < -0.3 is 9.69 Å². The smallest absolute Gasteiger partial charge is 0.254 e. The van der Waals surface area contributed by atoms with Gasteiger partial charge >= 0.3 is 0 Å². The molecule has 0 saturated carbocycles. The summed E-state index contributed by atoms with van der Waals surface area (Å²) < 4.78 is 0. The molecule has 3 heteroatoms. The van der Waals surface area contributed by atoms with Crippen LogP contribution >= 0.6 is 0 Å². The van der Waals surface area contributed by atoms with Crippen LogP contribution in [0.4, 0.5) is 0 Å². The number of benzene rings is 1. The van der Waals surface area contributed by atoms with Crippen LogP contribution in [0.2, 0.25) is 0 Å². The van der Waals surface area contributed by atoms with Gasteiger partial charge in [0, 0.05) is 25.1 Å². The summed E-state index contributed by atoms with van der Waals surface area (Å²) in [6.45, 7) is 1.29. The van der Waals surface area contributed by atoms with E-state index >= 15 is 0 Å². The van der Waals surface area contributed by atoms with E-state index in [-0.39, 0.29) is 5.91 Å². The Labute approximate surface area is 95.1 Å². The zero-order chi connectivity index (χ0) is 11.4. The summed E-state index contributed by atoms with van der Waals surface area (Å²) in [5, 5.41) is 0. The highest BCUT2D eigenvalue weighted by Gasteiger charge is 2.21. The van der Waals surface area contributed by atoms with Crippen LogP contribution in [0.5, 0.6) is 0 Å². The van der Waals surface area contributed by atoms with Crippen LogP contribution in [0.15, 0.2) is 24.3 Å². The van der Waals surface area contributed by atoms with Gasteiger partial charge in [-0.3, -0.25) is 4.79 Å². The highest BCUT2D eigenvalue weighted by Crippen LogP contribution is 2.18. The van der Waals surface area contributed by atoms with Crippen LogP contribution < -0.4 is 0 Å². The number of hydrogen-bond donors (Lipinski definition) is 0. The molecule has 1 amide bonds. The minimum absolute atomic E-state index is 0.0648. The van der Waals surface area contributed by atoms with E-state index in [2.05, 4.69) is 0 Å². The number of aldehydes is 1. The molecule has 0 saturated heterocycles. The Morgan fingerprint density at radius 1 is 1.31 bits per heavy atom. The quantitative estimate of drug-likeness (QED) is 0.722. The van der Waals surface area contributed by atoms with Crippen molar-refractivity contribution < 1.29 is 9.59 Å². The normalized spacial score (nSPS) is 15.5. The first kappa shape index (κ1) is 10.9. The lowest BCUT2D eigenvalue weighted by Gasteiger charge is -2.19. The lowest BCUT2D eigenvalue weighted by Crippen LogP contribution is -2.32. The third kappa shape index (κ3) is 2.13. The van der Waals surface area contributed by atoms with Gasteiger partial charge in [-0.25, -0.2) is 0 Å². The predicted octanol–water partition coefficient (Wildman–Crippen LogP) is 1.66. The zero-order valence-corrected chi connectivity index (χ0v) is 9.19. The topological polar surface area (TPSA) is 37.4 Å². The van der Waals surface area contributed by atoms with Crippen molar-refractivity contribution in [1.82, 2.24) is 4.90 Å². The van der Waals surface area contributed by atoms with Crippen LogP contribution in [-0.2, 0) is 11.2 Å². The summed E-state index contributed by atoms with van der Waals surface area (Å²) in [5.41, 5.74) is 1.92.